The van der Waals surface area contributed by atoms with Crippen LogP contribution in [-0.2, 0) is 6.54 Å². The first kappa shape index (κ1) is 22.4. The predicted molar refractivity (Wildman–Crippen MR) is 126 cm³/mol. The van der Waals surface area contributed by atoms with E-state index in [0.29, 0.717) is 42.1 Å². The summed E-state index contributed by atoms with van der Waals surface area (Å²) in [5, 5.41) is 14.2. The molecule has 168 valence electrons. The van der Waals surface area contributed by atoms with Crippen LogP contribution in [0.15, 0.2) is 73.1 Å². The van der Waals surface area contributed by atoms with Crippen LogP contribution in [0.3, 0.4) is 0 Å². The number of carbonyl (C=O) groups is 1. The van der Waals surface area contributed by atoms with E-state index in [1.54, 1.807) is 41.3 Å². The zero-order valence-corrected chi connectivity index (χ0v) is 18.7. The number of nitrogens with zero attached hydrogens (tertiary/aromatic N) is 3. The molecule has 0 saturated heterocycles. The van der Waals surface area contributed by atoms with Gasteiger partial charge in [-0.15, -0.1) is 0 Å². The van der Waals surface area contributed by atoms with Crippen LogP contribution in [0.4, 0.5) is 0 Å². The molecule has 4 aromatic rings. The second-order valence-corrected chi connectivity index (χ2v) is 7.55. The molecule has 2 aromatic carbocycles. The Kier molecular flexibility index (Phi) is 6.90. The van der Waals surface area contributed by atoms with Crippen molar-refractivity contribution in [1.82, 2.24) is 14.8 Å². The molecule has 0 radical (unpaired) electrons. The van der Waals surface area contributed by atoms with E-state index in [-0.39, 0.29) is 5.56 Å². The van der Waals surface area contributed by atoms with E-state index in [0.717, 1.165) is 16.7 Å². The van der Waals surface area contributed by atoms with Crippen LogP contribution in [0.2, 0.25) is 5.02 Å². The zero-order valence-electron chi connectivity index (χ0n) is 17.9. The van der Waals surface area contributed by atoms with Crippen molar-refractivity contribution in [2.24, 2.45) is 0 Å². The molecule has 0 unspecified atom stereocenters. The summed E-state index contributed by atoms with van der Waals surface area (Å²) in [5.74, 6) is 0.224. The van der Waals surface area contributed by atoms with Crippen LogP contribution in [0.25, 0.3) is 22.4 Å². The molecule has 2 heterocycles. The number of carboxylic acid groups (broad SMARTS) is 1. The molecule has 0 aliphatic heterocycles. The summed E-state index contributed by atoms with van der Waals surface area (Å²) >= 11 is 6.43. The smallest absolute Gasteiger partial charge is 0.335 e. The molecule has 0 aliphatic carbocycles. The average molecular weight is 464 g/mol. The lowest BCUT2D eigenvalue weighted by Gasteiger charge is -2.11. The van der Waals surface area contributed by atoms with Crippen molar-refractivity contribution in [2.45, 2.75) is 13.5 Å². The maximum Gasteiger partial charge on any atom is 0.335 e. The van der Waals surface area contributed by atoms with E-state index in [1.165, 1.54) is 0 Å². The number of hydrogen-bond acceptors (Lipinski definition) is 5. The molecular formula is C25H22ClN3O4. The molecule has 8 heteroatoms. The normalized spacial score (nSPS) is 10.7. The Labute approximate surface area is 196 Å². The molecule has 33 heavy (non-hydrogen) atoms. The highest BCUT2D eigenvalue weighted by atomic mass is 35.5. The van der Waals surface area contributed by atoms with Gasteiger partial charge in [0.2, 0.25) is 5.88 Å². The minimum Gasteiger partial charge on any atom is -0.490 e. The van der Waals surface area contributed by atoms with Crippen LogP contribution in [-0.4, -0.2) is 39.1 Å². The minimum atomic E-state index is -0.966. The topological polar surface area (TPSA) is 86.5 Å². The van der Waals surface area contributed by atoms with Crippen molar-refractivity contribution >= 4 is 17.6 Å². The highest BCUT2D eigenvalue weighted by molar-refractivity contribution is 6.32. The van der Waals surface area contributed by atoms with E-state index in [4.69, 9.17) is 26.2 Å². The van der Waals surface area contributed by atoms with Gasteiger partial charge in [0.15, 0.2) is 0 Å². The van der Waals surface area contributed by atoms with Gasteiger partial charge in [-0.3, -0.25) is 4.98 Å². The largest absolute Gasteiger partial charge is 0.490 e. The minimum absolute atomic E-state index is 0.225. The maximum absolute atomic E-state index is 11.1. The Morgan fingerprint density at radius 2 is 1.82 bits per heavy atom. The second-order valence-electron chi connectivity index (χ2n) is 7.14. The van der Waals surface area contributed by atoms with Crippen molar-refractivity contribution < 1.29 is 19.4 Å². The molecule has 0 atom stereocenters. The second kappa shape index (κ2) is 10.2. The number of pyridine rings is 1. The third kappa shape index (κ3) is 5.32. The van der Waals surface area contributed by atoms with E-state index >= 15 is 0 Å². The SMILES string of the molecule is CCOc1cc(-c2ccc(C(=O)O)cc2)nn1CCOc1ccc(-c2cccnc2)cc1Cl. The molecule has 0 aliphatic rings. The maximum atomic E-state index is 11.1. The number of carboxylic acids is 1. The number of aromatic carboxylic acids is 1. The van der Waals surface area contributed by atoms with Crippen LogP contribution in [0.5, 0.6) is 11.6 Å². The third-order valence-corrected chi connectivity index (χ3v) is 5.25. The number of rotatable bonds is 9. The fourth-order valence-electron chi connectivity index (χ4n) is 3.32. The lowest BCUT2D eigenvalue weighted by Crippen LogP contribution is -2.11. The molecule has 0 bridgehead atoms. The molecule has 0 amide bonds. The van der Waals surface area contributed by atoms with Gasteiger partial charge in [-0.2, -0.15) is 5.10 Å². The van der Waals surface area contributed by atoms with Gasteiger partial charge in [0, 0.05) is 29.6 Å². The molecular weight excluding hydrogens is 442 g/mol. The Bertz CT molecular complexity index is 1240. The van der Waals surface area contributed by atoms with Crippen LogP contribution in [0, 0.1) is 0 Å². The van der Waals surface area contributed by atoms with E-state index < -0.39 is 5.97 Å². The van der Waals surface area contributed by atoms with Crippen molar-refractivity contribution in [3.05, 3.63) is 83.6 Å². The van der Waals surface area contributed by atoms with Gasteiger partial charge in [-0.1, -0.05) is 35.9 Å². The predicted octanol–water partition coefficient (Wildman–Crippen LogP) is 5.44. The molecule has 2 aromatic heterocycles. The van der Waals surface area contributed by atoms with Gasteiger partial charge in [0.1, 0.15) is 12.4 Å². The molecule has 4 rings (SSSR count). The molecule has 1 N–H and O–H groups in total. The molecule has 0 spiro atoms. The van der Waals surface area contributed by atoms with Crippen molar-refractivity contribution in [1.29, 1.82) is 0 Å². The zero-order chi connectivity index (χ0) is 23.2. The summed E-state index contributed by atoms with van der Waals surface area (Å²) in [6, 6.07) is 17.9. The lowest BCUT2D eigenvalue weighted by molar-refractivity contribution is 0.0697. The monoisotopic (exact) mass is 463 g/mol. The molecule has 0 saturated carbocycles. The van der Waals surface area contributed by atoms with Crippen molar-refractivity contribution in [2.75, 3.05) is 13.2 Å². The summed E-state index contributed by atoms with van der Waals surface area (Å²) in [4.78, 5) is 15.2. The van der Waals surface area contributed by atoms with Crippen LogP contribution >= 0.6 is 11.6 Å². The lowest BCUT2D eigenvalue weighted by atomic mass is 10.1. The van der Waals surface area contributed by atoms with Gasteiger partial charge in [-0.25, -0.2) is 9.48 Å². The number of benzene rings is 2. The van der Waals surface area contributed by atoms with Crippen molar-refractivity contribution in [3.63, 3.8) is 0 Å². The summed E-state index contributed by atoms with van der Waals surface area (Å²) in [6.45, 7) is 3.18. The summed E-state index contributed by atoms with van der Waals surface area (Å²) in [6.07, 6.45) is 3.51. The molecule has 0 fully saturated rings. The summed E-state index contributed by atoms with van der Waals surface area (Å²) in [7, 11) is 0. The Morgan fingerprint density at radius 3 is 2.48 bits per heavy atom. The summed E-state index contributed by atoms with van der Waals surface area (Å²) in [5.41, 5.74) is 3.66. The van der Waals surface area contributed by atoms with E-state index in [9.17, 15) is 4.79 Å². The molecule has 7 nitrogen and oxygen atoms in total. The van der Waals surface area contributed by atoms with Crippen LogP contribution < -0.4 is 9.47 Å². The average Bonchev–Trinajstić information content (AvgIpc) is 3.23. The highest BCUT2D eigenvalue weighted by Crippen LogP contribution is 2.30. The number of hydrogen-bond donors (Lipinski definition) is 1. The fourth-order valence-corrected chi connectivity index (χ4v) is 3.56. The van der Waals surface area contributed by atoms with E-state index in [2.05, 4.69) is 10.1 Å². The van der Waals surface area contributed by atoms with Gasteiger partial charge < -0.3 is 14.6 Å². The number of aromatic nitrogens is 3. The Hall–Kier alpha value is -3.84. The van der Waals surface area contributed by atoms with E-state index in [1.807, 2.05) is 43.3 Å². The van der Waals surface area contributed by atoms with Crippen molar-refractivity contribution in [3.8, 4) is 34.0 Å². The van der Waals surface area contributed by atoms with Gasteiger partial charge in [0.25, 0.3) is 0 Å². The Morgan fingerprint density at radius 1 is 1.03 bits per heavy atom. The Balaban J connectivity index is 1.45. The standard InChI is InChI=1S/C25H22ClN3O4/c1-2-32-24-15-22(17-5-7-18(8-6-17)25(30)31)28-29(24)12-13-33-23-10-9-19(14-21(23)26)20-4-3-11-27-16-20/h3-11,14-16H,2,12-13H2,1H3,(H,30,31). The number of ether oxygens (including phenoxy) is 2. The highest BCUT2D eigenvalue weighted by Gasteiger charge is 2.12. The fraction of sp³-hybridized carbons (Fsp3) is 0.160. The third-order valence-electron chi connectivity index (χ3n) is 4.95. The summed E-state index contributed by atoms with van der Waals surface area (Å²) < 4.78 is 13.3. The quantitative estimate of drug-likeness (QED) is 0.355. The first-order chi connectivity index (χ1) is 16.0. The van der Waals surface area contributed by atoms with Gasteiger partial charge in [0.05, 0.1) is 29.4 Å². The van der Waals surface area contributed by atoms with Gasteiger partial charge >= 0.3 is 5.97 Å². The van der Waals surface area contributed by atoms with Crippen LogP contribution in [0.1, 0.15) is 17.3 Å². The van der Waals surface area contributed by atoms with Gasteiger partial charge in [-0.05, 0) is 42.8 Å². The number of halogens is 1. The first-order valence-electron chi connectivity index (χ1n) is 10.4. The first-order valence-corrected chi connectivity index (χ1v) is 10.8.